The summed E-state index contributed by atoms with van der Waals surface area (Å²) in [6.07, 6.45) is 6.26. The van der Waals surface area contributed by atoms with Gasteiger partial charge in [0, 0.05) is 12.6 Å². The highest BCUT2D eigenvalue weighted by atomic mass is 16.4. The van der Waals surface area contributed by atoms with Gasteiger partial charge in [-0.05, 0) is 30.7 Å². The molecule has 0 spiro atoms. The van der Waals surface area contributed by atoms with Gasteiger partial charge in [0.15, 0.2) is 5.88 Å². The lowest BCUT2D eigenvalue weighted by molar-refractivity contribution is 0.0663. The molecule has 0 amide bonds. The topological polar surface area (TPSA) is 62.5 Å². The van der Waals surface area contributed by atoms with E-state index in [0.29, 0.717) is 11.3 Å². The van der Waals surface area contributed by atoms with E-state index in [1.165, 1.54) is 31.7 Å². The number of hydrogen-bond acceptors (Lipinski definition) is 3. The minimum absolute atomic E-state index is 0.00975. The average Bonchev–Trinajstić information content (AvgIpc) is 2.96. The summed E-state index contributed by atoms with van der Waals surface area (Å²) in [6.45, 7) is 3.09. The lowest BCUT2D eigenvalue weighted by Crippen LogP contribution is -2.25. The summed E-state index contributed by atoms with van der Waals surface area (Å²) in [5.74, 6) is -0.476. The van der Waals surface area contributed by atoms with Crippen LogP contribution in [0, 0.1) is 5.41 Å². The largest absolute Gasteiger partial charge is 0.475 e. The number of carboxylic acid groups (broad SMARTS) is 1. The number of carboxylic acids is 1. The van der Waals surface area contributed by atoms with E-state index in [-0.39, 0.29) is 5.76 Å². The number of carbonyl (C=O) groups is 1. The molecule has 1 heterocycles. The van der Waals surface area contributed by atoms with Gasteiger partial charge in [0.1, 0.15) is 0 Å². The number of rotatable bonds is 5. The SMILES string of the molecule is CCC1(CNc2ccc(C(=O)O)o2)CCCC1. The summed E-state index contributed by atoms with van der Waals surface area (Å²) in [5, 5.41) is 12.0. The van der Waals surface area contributed by atoms with Crippen molar-refractivity contribution in [2.24, 2.45) is 5.41 Å². The fourth-order valence-corrected chi connectivity index (χ4v) is 2.60. The minimum Gasteiger partial charge on any atom is -0.475 e. The maximum Gasteiger partial charge on any atom is 0.371 e. The predicted molar refractivity (Wildman–Crippen MR) is 65.3 cm³/mol. The van der Waals surface area contributed by atoms with Crippen LogP contribution in [0.4, 0.5) is 5.88 Å². The first kappa shape index (κ1) is 12.0. The molecule has 0 bridgehead atoms. The van der Waals surface area contributed by atoms with Crippen molar-refractivity contribution in [3.63, 3.8) is 0 Å². The van der Waals surface area contributed by atoms with E-state index in [1.54, 1.807) is 6.07 Å². The van der Waals surface area contributed by atoms with Crippen LogP contribution in [0.2, 0.25) is 0 Å². The van der Waals surface area contributed by atoms with Crippen LogP contribution in [-0.4, -0.2) is 17.6 Å². The van der Waals surface area contributed by atoms with E-state index >= 15 is 0 Å². The van der Waals surface area contributed by atoms with Gasteiger partial charge >= 0.3 is 5.97 Å². The van der Waals surface area contributed by atoms with Crippen LogP contribution in [0.5, 0.6) is 0 Å². The molecule has 0 atom stereocenters. The molecular weight excluding hydrogens is 218 g/mol. The molecule has 0 aromatic carbocycles. The van der Waals surface area contributed by atoms with Crippen molar-refractivity contribution in [1.29, 1.82) is 0 Å². The molecule has 1 saturated carbocycles. The van der Waals surface area contributed by atoms with Crippen molar-refractivity contribution < 1.29 is 14.3 Å². The number of anilines is 1. The summed E-state index contributed by atoms with van der Waals surface area (Å²) in [7, 11) is 0. The third-order valence-electron chi connectivity index (χ3n) is 3.87. The molecule has 1 fully saturated rings. The van der Waals surface area contributed by atoms with Crippen molar-refractivity contribution in [3.8, 4) is 0 Å². The molecule has 0 radical (unpaired) electrons. The van der Waals surface area contributed by atoms with E-state index < -0.39 is 5.97 Å². The Morgan fingerprint density at radius 3 is 2.71 bits per heavy atom. The van der Waals surface area contributed by atoms with Gasteiger partial charge in [-0.2, -0.15) is 0 Å². The molecule has 4 nitrogen and oxygen atoms in total. The van der Waals surface area contributed by atoms with Crippen LogP contribution in [-0.2, 0) is 0 Å². The highest BCUT2D eigenvalue weighted by molar-refractivity contribution is 5.84. The second-order valence-corrected chi connectivity index (χ2v) is 4.88. The summed E-state index contributed by atoms with van der Waals surface area (Å²) < 4.78 is 5.18. The van der Waals surface area contributed by atoms with E-state index in [2.05, 4.69) is 12.2 Å². The Hall–Kier alpha value is -1.45. The molecule has 17 heavy (non-hydrogen) atoms. The molecular formula is C13H19NO3. The first-order valence-electron chi connectivity index (χ1n) is 6.22. The number of aromatic carboxylic acids is 1. The van der Waals surface area contributed by atoms with Crippen molar-refractivity contribution in [1.82, 2.24) is 0 Å². The molecule has 1 aliphatic rings. The van der Waals surface area contributed by atoms with E-state index in [1.807, 2.05) is 0 Å². The molecule has 0 aliphatic heterocycles. The standard InChI is InChI=1S/C13H19NO3/c1-2-13(7-3-4-8-13)9-14-11-6-5-10(17-11)12(15)16/h5-6,14H,2-4,7-9H2,1H3,(H,15,16). The first-order chi connectivity index (χ1) is 8.15. The Bertz CT molecular complexity index is 391. The Morgan fingerprint density at radius 1 is 1.47 bits per heavy atom. The molecule has 94 valence electrons. The lowest BCUT2D eigenvalue weighted by atomic mass is 9.83. The lowest BCUT2D eigenvalue weighted by Gasteiger charge is -2.27. The van der Waals surface area contributed by atoms with Gasteiger partial charge in [-0.25, -0.2) is 4.79 Å². The fourth-order valence-electron chi connectivity index (χ4n) is 2.60. The summed E-state index contributed by atoms with van der Waals surface area (Å²) >= 11 is 0. The minimum atomic E-state index is -1.02. The van der Waals surface area contributed by atoms with Crippen LogP contribution in [0.15, 0.2) is 16.5 Å². The molecule has 0 saturated heterocycles. The monoisotopic (exact) mass is 237 g/mol. The van der Waals surface area contributed by atoms with Crippen molar-refractivity contribution in [2.45, 2.75) is 39.0 Å². The molecule has 4 heteroatoms. The van der Waals surface area contributed by atoms with Gasteiger partial charge in [-0.1, -0.05) is 19.8 Å². The molecule has 1 aliphatic carbocycles. The Labute approximate surface area is 101 Å². The van der Waals surface area contributed by atoms with Crippen LogP contribution in [0.1, 0.15) is 49.6 Å². The Balaban J connectivity index is 1.94. The van der Waals surface area contributed by atoms with E-state index in [4.69, 9.17) is 9.52 Å². The van der Waals surface area contributed by atoms with Gasteiger partial charge in [0.05, 0.1) is 0 Å². The molecule has 0 unspecified atom stereocenters. The summed E-state index contributed by atoms with van der Waals surface area (Å²) in [5.41, 5.74) is 0.371. The third-order valence-corrected chi connectivity index (χ3v) is 3.87. The zero-order chi connectivity index (χ0) is 12.3. The van der Waals surface area contributed by atoms with Crippen molar-refractivity contribution in [3.05, 3.63) is 17.9 Å². The highest BCUT2D eigenvalue weighted by Crippen LogP contribution is 2.40. The van der Waals surface area contributed by atoms with Gasteiger partial charge < -0.3 is 14.8 Å². The molecule has 2 N–H and O–H groups in total. The van der Waals surface area contributed by atoms with Gasteiger partial charge in [0.25, 0.3) is 0 Å². The number of furan rings is 1. The predicted octanol–water partition coefficient (Wildman–Crippen LogP) is 3.36. The fraction of sp³-hybridized carbons (Fsp3) is 0.615. The average molecular weight is 237 g/mol. The molecule has 2 rings (SSSR count). The second kappa shape index (κ2) is 4.82. The zero-order valence-electron chi connectivity index (χ0n) is 10.2. The van der Waals surface area contributed by atoms with Crippen LogP contribution in [0.3, 0.4) is 0 Å². The second-order valence-electron chi connectivity index (χ2n) is 4.88. The summed E-state index contributed by atoms with van der Waals surface area (Å²) in [4.78, 5) is 10.7. The molecule has 1 aromatic heterocycles. The number of hydrogen-bond donors (Lipinski definition) is 2. The van der Waals surface area contributed by atoms with E-state index in [0.717, 1.165) is 13.0 Å². The van der Waals surface area contributed by atoms with Crippen LogP contribution >= 0.6 is 0 Å². The number of nitrogens with one attached hydrogen (secondary N) is 1. The van der Waals surface area contributed by atoms with Gasteiger partial charge in [-0.3, -0.25) is 0 Å². The van der Waals surface area contributed by atoms with Crippen LogP contribution < -0.4 is 5.32 Å². The maximum absolute atomic E-state index is 10.7. The molecule has 1 aromatic rings. The zero-order valence-corrected chi connectivity index (χ0v) is 10.2. The normalized spacial score (nSPS) is 18.2. The van der Waals surface area contributed by atoms with Crippen molar-refractivity contribution in [2.75, 3.05) is 11.9 Å². The summed E-state index contributed by atoms with van der Waals surface area (Å²) in [6, 6.07) is 3.17. The Morgan fingerprint density at radius 2 is 2.18 bits per heavy atom. The quantitative estimate of drug-likeness (QED) is 0.824. The van der Waals surface area contributed by atoms with Crippen LogP contribution in [0.25, 0.3) is 0 Å². The highest BCUT2D eigenvalue weighted by Gasteiger charge is 2.31. The smallest absolute Gasteiger partial charge is 0.371 e. The first-order valence-corrected chi connectivity index (χ1v) is 6.22. The third kappa shape index (κ3) is 2.62. The van der Waals surface area contributed by atoms with Gasteiger partial charge in [0.2, 0.25) is 5.76 Å². The van der Waals surface area contributed by atoms with E-state index in [9.17, 15) is 4.79 Å². The van der Waals surface area contributed by atoms with Gasteiger partial charge in [-0.15, -0.1) is 0 Å². The maximum atomic E-state index is 10.7. The Kier molecular flexibility index (Phi) is 3.41. The van der Waals surface area contributed by atoms with Crippen molar-refractivity contribution >= 4 is 11.9 Å².